The van der Waals surface area contributed by atoms with Crippen LogP contribution in [-0.4, -0.2) is 49.7 Å². The Labute approximate surface area is 111 Å². The number of nitrogens with zero attached hydrogens (tertiary/aromatic N) is 1. The first-order valence-electron chi connectivity index (χ1n) is 6.88. The second kappa shape index (κ2) is 7.24. The van der Waals surface area contributed by atoms with Gasteiger partial charge in [-0.05, 0) is 32.7 Å². The van der Waals surface area contributed by atoms with Crippen molar-refractivity contribution in [2.45, 2.75) is 52.0 Å². The van der Waals surface area contributed by atoms with Crippen LogP contribution in [0.1, 0.15) is 46.0 Å². The second-order valence-corrected chi connectivity index (χ2v) is 7.55. The number of rotatable bonds is 7. The molecule has 1 rings (SSSR count). The third kappa shape index (κ3) is 5.48. The van der Waals surface area contributed by atoms with E-state index >= 15 is 0 Å². The molecule has 1 atom stereocenters. The first kappa shape index (κ1) is 15.6. The molecule has 0 spiro atoms. The first-order chi connectivity index (χ1) is 8.44. The van der Waals surface area contributed by atoms with Gasteiger partial charge in [-0.25, -0.2) is 8.42 Å². The number of sulfone groups is 1. The Morgan fingerprint density at radius 1 is 1.28 bits per heavy atom. The summed E-state index contributed by atoms with van der Waals surface area (Å²) in [4.78, 5) is 13.4. The molecule has 1 saturated heterocycles. The van der Waals surface area contributed by atoms with E-state index in [-0.39, 0.29) is 23.3 Å². The minimum Gasteiger partial charge on any atom is -0.300 e. The predicted octanol–water partition coefficient (Wildman–Crippen LogP) is 1.64. The van der Waals surface area contributed by atoms with E-state index in [0.717, 1.165) is 25.8 Å². The average molecular weight is 275 g/mol. The molecular weight excluding hydrogens is 250 g/mol. The van der Waals surface area contributed by atoms with Gasteiger partial charge in [0, 0.05) is 24.8 Å². The lowest BCUT2D eigenvalue weighted by molar-refractivity contribution is -0.118. The minimum absolute atomic E-state index is 0.198. The summed E-state index contributed by atoms with van der Waals surface area (Å²) in [5.41, 5.74) is 0. The van der Waals surface area contributed by atoms with Crippen LogP contribution in [0, 0.1) is 0 Å². The van der Waals surface area contributed by atoms with E-state index in [1.54, 1.807) is 6.92 Å². The fraction of sp³-hybridized carbons (Fsp3) is 0.923. The van der Waals surface area contributed by atoms with E-state index in [9.17, 15) is 13.2 Å². The topological polar surface area (TPSA) is 54.5 Å². The highest BCUT2D eigenvalue weighted by atomic mass is 32.2. The van der Waals surface area contributed by atoms with Gasteiger partial charge in [0.05, 0.1) is 5.75 Å². The zero-order valence-electron chi connectivity index (χ0n) is 11.5. The highest BCUT2D eigenvalue weighted by molar-refractivity contribution is 7.91. The molecule has 0 radical (unpaired) electrons. The Morgan fingerprint density at radius 2 is 2.00 bits per heavy atom. The number of carbonyl (C=O) groups excluding carboxylic acids is 1. The van der Waals surface area contributed by atoms with Crippen molar-refractivity contribution in [2.75, 3.05) is 24.6 Å². The minimum atomic E-state index is -2.91. The number of piperidine rings is 1. The van der Waals surface area contributed by atoms with Crippen LogP contribution >= 0.6 is 0 Å². The fourth-order valence-corrected chi connectivity index (χ4v) is 3.93. The number of hydrogen-bond acceptors (Lipinski definition) is 4. The van der Waals surface area contributed by atoms with Gasteiger partial charge in [-0.1, -0.05) is 13.3 Å². The lowest BCUT2D eigenvalue weighted by Crippen LogP contribution is -2.43. The summed E-state index contributed by atoms with van der Waals surface area (Å²) >= 11 is 0. The summed E-state index contributed by atoms with van der Waals surface area (Å²) in [6, 6.07) is 0.257. The molecule has 5 heteroatoms. The lowest BCUT2D eigenvalue weighted by Gasteiger charge is -2.35. The van der Waals surface area contributed by atoms with Crippen molar-refractivity contribution >= 4 is 15.6 Å². The molecule has 1 heterocycles. The summed E-state index contributed by atoms with van der Waals surface area (Å²) in [5, 5.41) is 0. The van der Waals surface area contributed by atoms with Gasteiger partial charge in [0.15, 0.2) is 9.84 Å². The fourth-order valence-electron chi connectivity index (χ4n) is 2.59. The largest absolute Gasteiger partial charge is 0.300 e. The lowest BCUT2D eigenvalue weighted by atomic mass is 9.98. The van der Waals surface area contributed by atoms with Crippen LogP contribution in [0.4, 0.5) is 0 Å². The van der Waals surface area contributed by atoms with E-state index in [4.69, 9.17) is 0 Å². The molecule has 0 amide bonds. The van der Waals surface area contributed by atoms with E-state index < -0.39 is 9.84 Å². The molecule has 0 aromatic heterocycles. The second-order valence-electron chi connectivity index (χ2n) is 5.24. The van der Waals surface area contributed by atoms with Crippen molar-refractivity contribution < 1.29 is 13.2 Å². The highest BCUT2D eigenvalue weighted by Gasteiger charge is 2.24. The SMILES string of the molecule is CCCS(=O)(=O)CCN1CCCCC1CC(C)=O. The van der Waals surface area contributed by atoms with Crippen molar-refractivity contribution in [1.82, 2.24) is 4.90 Å². The van der Waals surface area contributed by atoms with E-state index in [2.05, 4.69) is 4.90 Å². The third-order valence-electron chi connectivity index (χ3n) is 3.48. The summed E-state index contributed by atoms with van der Waals surface area (Å²) in [6.07, 6.45) is 4.53. The zero-order chi connectivity index (χ0) is 13.6. The average Bonchev–Trinajstić information content (AvgIpc) is 2.27. The van der Waals surface area contributed by atoms with Gasteiger partial charge in [-0.3, -0.25) is 9.69 Å². The Morgan fingerprint density at radius 3 is 2.61 bits per heavy atom. The Bertz CT molecular complexity index is 364. The summed E-state index contributed by atoms with van der Waals surface area (Å²) < 4.78 is 23.4. The molecule has 0 aliphatic carbocycles. The van der Waals surface area contributed by atoms with Crippen LogP contribution in [0.25, 0.3) is 0 Å². The Hall–Kier alpha value is -0.420. The molecule has 0 bridgehead atoms. The van der Waals surface area contributed by atoms with Crippen molar-refractivity contribution in [3.8, 4) is 0 Å². The van der Waals surface area contributed by atoms with Crippen molar-refractivity contribution in [3.63, 3.8) is 0 Å². The molecule has 0 aromatic carbocycles. The maximum Gasteiger partial charge on any atom is 0.151 e. The van der Waals surface area contributed by atoms with Gasteiger partial charge < -0.3 is 0 Å². The van der Waals surface area contributed by atoms with Gasteiger partial charge in [0.25, 0.3) is 0 Å². The van der Waals surface area contributed by atoms with Crippen LogP contribution in [0.15, 0.2) is 0 Å². The van der Waals surface area contributed by atoms with Crippen LogP contribution in [0.3, 0.4) is 0 Å². The van der Waals surface area contributed by atoms with Crippen LogP contribution in [0.2, 0.25) is 0 Å². The van der Waals surface area contributed by atoms with E-state index in [1.807, 2.05) is 6.92 Å². The normalized spacial score (nSPS) is 22.0. The maximum absolute atomic E-state index is 11.7. The molecule has 1 aliphatic heterocycles. The number of likely N-dealkylation sites (tertiary alicyclic amines) is 1. The van der Waals surface area contributed by atoms with E-state index in [0.29, 0.717) is 19.4 Å². The van der Waals surface area contributed by atoms with Gasteiger partial charge in [0.1, 0.15) is 5.78 Å². The zero-order valence-corrected chi connectivity index (χ0v) is 12.3. The van der Waals surface area contributed by atoms with Crippen LogP contribution in [-0.2, 0) is 14.6 Å². The van der Waals surface area contributed by atoms with Crippen molar-refractivity contribution in [3.05, 3.63) is 0 Å². The molecule has 18 heavy (non-hydrogen) atoms. The molecule has 0 saturated carbocycles. The highest BCUT2D eigenvalue weighted by Crippen LogP contribution is 2.19. The molecule has 0 N–H and O–H groups in total. The van der Waals surface area contributed by atoms with Gasteiger partial charge in [0.2, 0.25) is 0 Å². The predicted molar refractivity (Wildman–Crippen MR) is 73.5 cm³/mol. The van der Waals surface area contributed by atoms with Crippen molar-refractivity contribution in [1.29, 1.82) is 0 Å². The number of carbonyl (C=O) groups is 1. The van der Waals surface area contributed by atoms with Crippen LogP contribution in [0.5, 0.6) is 0 Å². The van der Waals surface area contributed by atoms with Gasteiger partial charge >= 0.3 is 0 Å². The van der Waals surface area contributed by atoms with Crippen molar-refractivity contribution in [2.24, 2.45) is 0 Å². The molecule has 1 unspecified atom stereocenters. The first-order valence-corrected chi connectivity index (χ1v) is 8.70. The maximum atomic E-state index is 11.7. The van der Waals surface area contributed by atoms with Gasteiger partial charge in [-0.15, -0.1) is 0 Å². The Kier molecular flexibility index (Phi) is 6.29. The number of hydrogen-bond donors (Lipinski definition) is 0. The molecule has 1 fully saturated rings. The van der Waals surface area contributed by atoms with E-state index in [1.165, 1.54) is 0 Å². The molecule has 1 aliphatic rings. The third-order valence-corrected chi connectivity index (χ3v) is 5.31. The summed E-state index contributed by atoms with van der Waals surface area (Å²) in [5.74, 6) is 0.705. The smallest absolute Gasteiger partial charge is 0.151 e. The molecule has 0 aromatic rings. The monoisotopic (exact) mass is 275 g/mol. The molecular formula is C13H25NO3S. The standard InChI is InChI=1S/C13H25NO3S/c1-3-9-18(16,17)10-8-14-7-5-4-6-13(14)11-12(2)15/h13H,3-11H2,1-2H3. The number of Topliss-reactive ketones (excluding diaryl/α,β-unsaturated/α-hetero) is 1. The summed E-state index contributed by atoms with van der Waals surface area (Å²) in [6.45, 7) is 5.01. The number of ketones is 1. The molecule has 106 valence electrons. The summed E-state index contributed by atoms with van der Waals surface area (Å²) in [7, 11) is -2.91. The molecule has 4 nitrogen and oxygen atoms in total. The van der Waals surface area contributed by atoms with Gasteiger partial charge in [-0.2, -0.15) is 0 Å². The quantitative estimate of drug-likeness (QED) is 0.709. The Balaban J connectivity index is 2.49. The van der Waals surface area contributed by atoms with Crippen LogP contribution < -0.4 is 0 Å².